The highest BCUT2D eigenvalue weighted by Crippen LogP contribution is 2.39. The average molecular weight is 395 g/mol. The van der Waals surface area contributed by atoms with Gasteiger partial charge in [-0.15, -0.1) is 0 Å². The Labute approximate surface area is 168 Å². The van der Waals surface area contributed by atoms with E-state index in [2.05, 4.69) is 0 Å². The molecule has 3 rings (SSSR count). The third-order valence-corrected chi connectivity index (χ3v) is 4.74. The normalized spacial score (nSPS) is 16.8. The molecule has 0 saturated carbocycles. The number of benzene rings is 2. The first-order valence-electron chi connectivity index (χ1n) is 9.29. The lowest BCUT2D eigenvalue weighted by atomic mass is 9.95. The molecule has 0 bridgehead atoms. The van der Waals surface area contributed by atoms with Gasteiger partial charge in [-0.2, -0.15) is 0 Å². The largest absolute Gasteiger partial charge is 0.503 e. The van der Waals surface area contributed by atoms with Crippen LogP contribution in [0.3, 0.4) is 0 Å². The van der Waals surface area contributed by atoms with Gasteiger partial charge in [0.05, 0.1) is 11.6 Å². The lowest BCUT2D eigenvalue weighted by Crippen LogP contribution is -2.33. The molecule has 6 heteroatoms. The van der Waals surface area contributed by atoms with Gasteiger partial charge in [-0.3, -0.25) is 9.59 Å². The maximum absolute atomic E-state index is 14.5. The molecule has 1 unspecified atom stereocenters. The van der Waals surface area contributed by atoms with E-state index in [9.17, 15) is 19.1 Å². The van der Waals surface area contributed by atoms with Crippen LogP contribution in [0.1, 0.15) is 23.6 Å². The fourth-order valence-corrected chi connectivity index (χ4v) is 3.36. The molecule has 1 heterocycles. The van der Waals surface area contributed by atoms with E-state index < -0.39 is 29.3 Å². The summed E-state index contributed by atoms with van der Waals surface area (Å²) in [6.45, 7) is 0.612. The van der Waals surface area contributed by atoms with Crippen molar-refractivity contribution in [1.29, 1.82) is 0 Å². The van der Waals surface area contributed by atoms with Crippen molar-refractivity contribution in [3.63, 3.8) is 0 Å². The Hall–Kier alpha value is -3.25. The van der Waals surface area contributed by atoms with Gasteiger partial charge in [0, 0.05) is 25.8 Å². The Morgan fingerprint density at radius 3 is 2.55 bits per heavy atom. The van der Waals surface area contributed by atoms with E-state index in [1.165, 1.54) is 29.2 Å². The molecule has 1 aliphatic heterocycles. The second-order valence-corrected chi connectivity index (χ2v) is 6.64. The van der Waals surface area contributed by atoms with Gasteiger partial charge in [0.25, 0.3) is 5.91 Å². The van der Waals surface area contributed by atoms with Crippen LogP contribution in [-0.2, 0) is 14.3 Å². The fourth-order valence-electron chi connectivity index (χ4n) is 3.36. The number of carbonyl (C=O) groups is 2. The van der Waals surface area contributed by atoms with E-state index in [-0.39, 0.29) is 17.7 Å². The Morgan fingerprint density at radius 2 is 1.86 bits per heavy atom. The van der Waals surface area contributed by atoms with Gasteiger partial charge >= 0.3 is 0 Å². The van der Waals surface area contributed by atoms with Crippen LogP contribution < -0.4 is 0 Å². The number of methoxy groups -OCH3 is 1. The molecule has 2 aromatic carbocycles. The zero-order valence-electron chi connectivity index (χ0n) is 16.0. The summed E-state index contributed by atoms with van der Waals surface area (Å²) in [5, 5.41) is 10.5. The molecular formula is C23H22FNO4. The highest BCUT2D eigenvalue weighted by Gasteiger charge is 2.43. The minimum absolute atomic E-state index is 0.121. The topological polar surface area (TPSA) is 66.8 Å². The second kappa shape index (κ2) is 9.30. The molecule has 1 amide bonds. The van der Waals surface area contributed by atoms with Crippen LogP contribution >= 0.6 is 0 Å². The summed E-state index contributed by atoms with van der Waals surface area (Å²) >= 11 is 0. The molecule has 1 aliphatic rings. The predicted molar refractivity (Wildman–Crippen MR) is 107 cm³/mol. The van der Waals surface area contributed by atoms with Crippen LogP contribution in [0.4, 0.5) is 4.39 Å². The third kappa shape index (κ3) is 4.43. The number of nitrogens with zero attached hydrogens (tertiary/aromatic N) is 1. The molecule has 5 nitrogen and oxygen atoms in total. The lowest BCUT2D eigenvalue weighted by Gasteiger charge is -2.26. The van der Waals surface area contributed by atoms with Crippen molar-refractivity contribution in [1.82, 2.24) is 4.90 Å². The van der Waals surface area contributed by atoms with E-state index in [0.29, 0.717) is 13.0 Å². The highest BCUT2D eigenvalue weighted by molar-refractivity contribution is 6.14. The number of aliphatic hydroxyl groups is 1. The first-order valence-corrected chi connectivity index (χ1v) is 9.29. The quantitative estimate of drug-likeness (QED) is 0.545. The van der Waals surface area contributed by atoms with Crippen LogP contribution in [0.25, 0.3) is 6.08 Å². The minimum Gasteiger partial charge on any atom is -0.503 e. The van der Waals surface area contributed by atoms with Gasteiger partial charge in [0.2, 0.25) is 0 Å². The van der Waals surface area contributed by atoms with Crippen molar-refractivity contribution in [2.75, 3.05) is 20.3 Å². The van der Waals surface area contributed by atoms with E-state index in [1.54, 1.807) is 19.3 Å². The number of amides is 1. The summed E-state index contributed by atoms with van der Waals surface area (Å²) in [4.78, 5) is 26.9. The van der Waals surface area contributed by atoms with E-state index in [0.717, 1.165) is 5.56 Å². The number of carbonyl (C=O) groups excluding carboxylic acids is 2. The van der Waals surface area contributed by atoms with Crippen molar-refractivity contribution < 1.29 is 23.8 Å². The number of allylic oxidation sites excluding steroid dienone is 1. The third-order valence-electron chi connectivity index (χ3n) is 4.74. The predicted octanol–water partition coefficient (Wildman–Crippen LogP) is 3.84. The lowest BCUT2D eigenvalue weighted by molar-refractivity contribution is -0.129. The molecule has 0 spiro atoms. The first-order chi connectivity index (χ1) is 14.0. The van der Waals surface area contributed by atoms with Crippen LogP contribution in [0.2, 0.25) is 0 Å². The number of hydrogen-bond donors (Lipinski definition) is 1. The molecule has 1 atom stereocenters. The number of hydrogen-bond acceptors (Lipinski definition) is 4. The van der Waals surface area contributed by atoms with E-state index in [1.807, 2.05) is 30.3 Å². The number of rotatable bonds is 8. The molecule has 1 N–H and O–H groups in total. The molecule has 0 fully saturated rings. The summed E-state index contributed by atoms with van der Waals surface area (Å²) in [5.74, 6) is -2.42. The molecule has 29 heavy (non-hydrogen) atoms. The Morgan fingerprint density at radius 1 is 1.17 bits per heavy atom. The number of aliphatic hydroxyl groups excluding tert-OH is 1. The van der Waals surface area contributed by atoms with Crippen molar-refractivity contribution in [3.8, 4) is 0 Å². The summed E-state index contributed by atoms with van der Waals surface area (Å²) in [6.07, 6.45) is 3.38. The number of ether oxygens (including phenoxy) is 1. The van der Waals surface area contributed by atoms with Crippen LogP contribution in [-0.4, -0.2) is 42.0 Å². The van der Waals surface area contributed by atoms with Gasteiger partial charge in [-0.05, 0) is 24.1 Å². The monoisotopic (exact) mass is 395 g/mol. The van der Waals surface area contributed by atoms with Crippen LogP contribution in [0, 0.1) is 5.82 Å². The molecule has 0 radical (unpaired) electrons. The summed E-state index contributed by atoms with van der Waals surface area (Å²) in [7, 11) is 1.54. The van der Waals surface area contributed by atoms with E-state index in [4.69, 9.17) is 4.74 Å². The van der Waals surface area contributed by atoms with Crippen molar-refractivity contribution in [2.45, 2.75) is 12.5 Å². The smallest absolute Gasteiger partial charge is 0.290 e. The average Bonchev–Trinajstić information content (AvgIpc) is 2.98. The fraction of sp³-hybridized carbons (Fsp3) is 0.217. The van der Waals surface area contributed by atoms with Gasteiger partial charge in [-0.25, -0.2) is 4.39 Å². The van der Waals surface area contributed by atoms with Gasteiger partial charge in [-0.1, -0.05) is 54.6 Å². The second-order valence-electron chi connectivity index (χ2n) is 6.64. The van der Waals surface area contributed by atoms with Gasteiger partial charge < -0.3 is 14.7 Å². The van der Waals surface area contributed by atoms with E-state index >= 15 is 0 Å². The molecule has 0 saturated heterocycles. The SMILES string of the molecule is COCCCN1C(=O)C(O)=C(C(=O)/C=C/c2ccccc2)C1c1ccccc1F. The van der Waals surface area contributed by atoms with Crippen molar-refractivity contribution >= 4 is 17.8 Å². The summed E-state index contributed by atoms with van der Waals surface area (Å²) < 4.78 is 19.6. The molecule has 0 aliphatic carbocycles. The van der Waals surface area contributed by atoms with Gasteiger partial charge in [0.15, 0.2) is 11.5 Å². The minimum atomic E-state index is -0.992. The maximum Gasteiger partial charge on any atom is 0.290 e. The first kappa shape index (κ1) is 20.5. The summed E-state index contributed by atoms with van der Waals surface area (Å²) in [6, 6.07) is 14.1. The standard InChI is InChI=1S/C23H22FNO4/c1-29-15-7-14-25-21(17-10-5-6-11-18(17)24)20(22(27)23(25)28)19(26)13-12-16-8-3-2-4-9-16/h2-6,8-13,21,27H,7,14-15H2,1H3/b13-12+. The zero-order chi connectivity index (χ0) is 20.8. The Kier molecular flexibility index (Phi) is 6.57. The summed E-state index contributed by atoms with van der Waals surface area (Å²) in [5.41, 5.74) is 0.841. The molecule has 150 valence electrons. The zero-order valence-corrected chi connectivity index (χ0v) is 16.0. The molecular weight excluding hydrogens is 373 g/mol. The van der Waals surface area contributed by atoms with Gasteiger partial charge in [0.1, 0.15) is 5.82 Å². The van der Waals surface area contributed by atoms with Crippen molar-refractivity contribution in [3.05, 3.63) is 88.9 Å². The molecule has 0 aromatic heterocycles. The number of ketones is 1. The Bertz CT molecular complexity index is 952. The highest BCUT2D eigenvalue weighted by atomic mass is 19.1. The maximum atomic E-state index is 14.5. The Balaban J connectivity index is 1.97. The number of halogens is 1. The van der Waals surface area contributed by atoms with Crippen LogP contribution in [0.5, 0.6) is 0 Å². The van der Waals surface area contributed by atoms with Crippen LogP contribution in [0.15, 0.2) is 72.0 Å². The van der Waals surface area contributed by atoms with Crippen molar-refractivity contribution in [2.24, 2.45) is 0 Å². The molecule has 2 aromatic rings.